The summed E-state index contributed by atoms with van der Waals surface area (Å²) in [6.45, 7) is 5.58. The number of para-hydroxylation sites is 1. The summed E-state index contributed by atoms with van der Waals surface area (Å²) in [7, 11) is -3.77. The van der Waals surface area contributed by atoms with Gasteiger partial charge in [0.05, 0.1) is 16.1 Å². The van der Waals surface area contributed by atoms with Crippen LogP contribution in [-0.2, 0) is 16.4 Å². The molecule has 1 unspecified atom stereocenters. The van der Waals surface area contributed by atoms with Gasteiger partial charge in [0.2, 0.25) is 0 Å². The first-order chi connectivity index (χ1) is 14.3. The molecule has 0 aromatic heterocycles. The van der Waals surface area contributed by atoms with Gasteiger partial charge in [-0.25, -0.2) is 8.42 Å². The molecular formula is C23H28N2O3S2. The van der Waals surface area contributed by atoms with Gasteiger partial charge in [-0.05, 0) is 68.2 Å². The average Bonchev–Trinajstić information content (AvgIpc) is 3.09. The number of nitrogens with zero attached hydrogens (tertiary/aromatic N) is 2. The van der Waals surface area contributed by atoms with Crippen molar-refractivity contribution in [2.24, 2.45) is 5.92 Å². The lowest BCUT2D eigenvalue weighted by Gasteiger charge is -2.31. The smallest absolute Gasteiger partial charge is 0.264 e. The van der Waals surface area contributed by atoms with Gasteiger partial charge >= 0.3 is 0 Å². The summed E-state index contributed by atoms with van der Waals surface area (Å²) in [6.07, 6.45) is 4.58. The zero-order chi connectivity index (χ0) is 21.5. The first kappa shape index (κ1) is 21.2. The Kier molecular flexibility index (Phi) is 5.86. The van der Waals surface area contributed by atoms with Crippen LogP contribution in [0.2, 0.25) is 0 Å². The largest absolute Gasteiger partial charge is 0.339 e. The first-order valence-corrected chi connectivity index (χ1v) is 13.1. The van der Waals surface area contributed by atoms with Crippen molar-refractivity contribution in [1.29, 1.82) is 0 Å². The summed E-state index contributed by atoms with van der Waals surface area (Å²) < 4.78 is 28.7. The molecule has 2 aromatic carbocycles. The van der Waals surface area contributed by atoms with E-state index >= 15 is 0 Å². The van der Waals surface area contributed by atoms with E-state index < -0.39 is 10.0 Å². The summed E-state index contributed by atoms with van der Waals surface area (Å²) in [5, 5.41) is 0. The van der Waals surface area contributed by atoms with Crippen LogP contribution >= 0.6 is 11.8 Å². The van der Waals surface area contributed by atoms with Gasteiger partial charge in [0.25, 0.3) is 15.9 Å². The number of thioether (sulfide) groups is 1. The normalized spacial score (nSPS) is 19.8. The highest BCUT2D eigenvalue weighted by molar-refractivity contribution is 7.98. The predicted molar refractivity (Wildman–Crippen MR) is 122 cm³/mol. The summed E-state index contributed by atoms with van der Waals surface area (Å²) in [4.78, 5) is 16.1. The average molecular weight is 445 g/mol. The van der Waals surface area contributed by atoms with Crippen molar-refractivity contribution in [3.63, 3.8) is 0 Å². The summed E-state index contributed by atoms with van der Waals surface area (Å²) in [6, 6.07) is 12.4. The van der Waals surface area contributed by atoms with Gasteiger partial charge in [-0.2, -0.15) is 0 Å². The maximum Gasteiger partial charge on any atom is 0.264 e. The highest BCUT2D eigenvalue weighted by Gasteiger charge is 2.36. The van der Waals surface area contributed by atoms with Gasteiger partial charge in [0.1, 0.15) is 0 Å². The lowest BCUT2D eigenvalue weighted by atomic mass is 9.98. The quantitative estimate of drug-likeness (QED) is 0.655. The molecule has 2 aromatic rings. The van der Waals surface area contributed by atoms with Crippen LogP contribution in [0.1, 0.15) is 42.6 Å². The molecule has 0 N–H and O–H groups in total. The van der Waals surface area contributed by atoms with E-state index in [9.17, 15) is 13.2 Å². The van der Waals surface area contributed by atoms with E-state index in [1.807, 2.05) is 42.3 Å². The molecule has 2 heterocycles. The molecule has 0 saturated carbocycles. The number of rotatable bonds is 4. The molecule has 4 rings (SSSR count). The number of anilines is 1. The lowest BCUT2D eigenvalue weighted by molar-refractivity contribution is 0.0693. The van der Waals surface area contributed by atoms with Crippen molar-refractivity contribution in [1.82, 2.24) is 4.90 Å². The van der Waals surface area contributed by atoms with Gasteiger partial charge in [-0.3, -0.25) is 9.10 Å². The van der Waals surface area contributed by atoms with Crippen molar-refractivity contribution in [2.75, 3.05) is 23.7 Å². The zero-order valence-corrected chi connectivity index (χ0v) is 19.3. The Morgan fingerprint density at radius 3 is 2.47 bits per heavy atom. The van der Waals surface area contributed by atoms with Crippen molar-refractivity contribution in [2.45, 2.75) is 48.9 Å². The summed E-state index contributed by atoms with van der Waals surface area (Å²) in [5.41, 5.74) is 2.25. The Balaban J connectivity index is 1.71. The number of carbonyl (C=O) groups is 1. The second-order valence-electron chi connectivity index (χ2n) is 8.32. The fraction of sp³-hybridized carbons (Fsp3) is 0.435. The molecule has 1 amide bonds. The van der Waals surface area contributed by atoms with Crippen LogP contribution in [0.3, 0.4) is 0 Å². The Morgan fingerprint density at radius 1 is 1.07 bits per heavy atom. The van der Waals surface area contributed by atoms with Gasteiger partial charge in [0.15, 0.2) is 0 Å². The third-order valence-electron chi connectivity index (χ3n) is 6.17. The minimum absolute atomic E-state index is 0.0711. The van der Waals surface area contributed by atoms with Crippen LogP contribution in [0, 0.1) is 5.92 Å². The number of hydrogen-bond acceptors (Lipinski definition) is 4. The van der Waals surface area contributed by atoms with Gasteiger partial charge in [-0.1, -0.05) is 25.1 Å². The van der Waals surface area contributed by atoms with E-state index in [0.717, 1.165) is 42.1 Å². The number of hydrogen-bond donors (Lipinski definition) is 0. The van der Waals surface area contributed by atoms with Gasteiger partial charge in [-0.15, -0.1) is 11.8 Å². The van der Waals surface area contributed by atoms with Crippen molar-refractivity contribution in [3.8, 4) is 0 Å². The number of benzene rings is 2. The third-order valence-corrected chi connectivity index (χ3v) is 8.89. The molecule has 7 heteroatoms. The highest BCUT2D eigenvalue weighted by atomic mass is 32.2. The maximum atomic E-state index is 13.6. The molecule has 1 fully saturated rings. The molecule has 1 atom stereocenters. The molecule has 0 radical (unpaired) electrons. The van der Waals surface area contributed by atoms with Crippen LogP contribution < -0.4 is 4.31 Å². The van der Waals surface area contributed by atoms with E-state index in [1.165, 1.54) is 16.1 Å². The van der Waals surface area contributed by atoms with E-state index in [0.29, 0.717) is 17.9 Å². The Bertz CT molecular complexity index is 1060. The SMILES string of the molecule is CSc1ccc(S(=O)(=O)N2c3ccccc3CC2C)cc1C(=O)N1CCC(C)CC1. The molecule has 0 spiro atoms. The minimum Gasteiger partial charge on any atom is -0.339 e. The fourth-order valence-corrected chi connectivity index (χ4v) is 6.70. The minimum atomic E-state index is -3.77. The first-order valence-electron chi connectivity index (χ1n) is 10.4. The Morgan fingerprint density at radius 2 is 1.77 bits per heavy atom. The number of sulfonamides is 1. The molecule has 2 aliphatic heterocycles. The lowest BCUT2D eigenvalue weighted by Crippen LogP contribution is -2.38. The number of fused-ring (bicyclic) bond motifs is 1. The van der Waals surface area contributed by atoms with Crippen molar-refractivity contribution in [3.05, 3.63) is 53.6 Å². The number of likely N-dealkylation sites (tertiary alicyclic amines) is 1. The van der Waals surface area contributed by atoms with Crippen molar-refractivity contribution >= 4 is 33.4 Å². The second kappa shape index (κ2) is 8.27. The zero-order valence-electron chi connectivity index (χ0n) is 17.7. The molecule has 0 bridgehead atoms. The monoisotopic (exact) mass is 444 g/mol. The van der Waals surface area contributed by atoms with Crippen molar-refractivity contribution < 1.29 is 13.2 Å². The predicted octanol–water partition coefficient (Wildman–Crippen LogP) is 4.42. The number of amides is 1. The molecular weight excluding hydrogens is 416 g/mol. The van der Waals surface area contributed by atoms with Crippen LogP contribution in [0.5, 0.6) is 0 Å². The van der Waals surface area contributed by atoms with E-state index in [1.54, 1.807) is 18.2 Å². The molecule has 160 valence electrons. The molecule has 30 heavy (non-hydrogen) atoms. The highest BCUT2D eigenvalue weighted by Crippen LogP contribution is 2.37. The second-order valence-corrected chi connectivity index (χ2v) is 11.0. The summed E-state index contributed by atoms with van der Waals surface area (Å²) >= 11 is 1.47. The fourth-order valence-electron chi connectivity index (χ4n) is 4.41. The van der Waals surface area contributed by atoms with E-state index in [4.69, 9.17) is 0 Å². The maximum absolute atomic E-state index is 13.6. The Labute approximate surface area is 183 Å². The van der Waals surface area contributed by atoms with Gasteiger partial charge in [0, 0.05) is 24.0 Å². The van der Waals surface area contributed by atoms with Crippen LogP contribution in [-0.4, -0.2) is 44.6 Å². The van der Waals surface area contributed by atoms with Crippen LogP contribution in [0.4, 0.5) is 5.69 Å². The van der Waals surface area contributed by atoms with E-state index in [-0.39, 0.29) is 16.8 Å². The van der Waals surface area contributed by atoms with Crippen LogP contribution in [0.15, 0.2) is 52.3 Å². The van der Waals surface area contributed by atoms with E-state index in [2.05, 4.69) is 6.92 Å². The molecule has 2 aliphatic rings. The Hall–Kier alpha value is -1.99. The third kappa shape index (κ3) is 3.73. The standard InChI is InChI=1S/C23H28N2O3S2/c1-16-10-12-24(13-11-16)23(26)20-15-19(8-9-22(20)29-3)30(27,28)25-17(2)14-18-6-4-5-7-21(18)25/h4-9,15-17H,10-14H2,1-3H3. The molecule has 5 nitrogen and oxygen atoms in total. The number of piperidine rings is 1. The molecule has 0 aliphatic carbocycles. The summed E-state index contributed by atoms with van der Waals surface area (Å²) in [5.74, 6) is 0.552. The topological polar surface area (TPSA) is 57.7 Å². The number of carbonyl (C=O) groups excluding carboxylic acids is 1. The van der Waals surface area contributed by atoms with Crippen LogP contribution in [0.25, 0.3) is 0 Å². The van der Waals surface area contributed by atoms with Gasteiger partial charge < -0.3 is 4.90 Å². The molecule has 1 saturated heterocycles.